The van der Waals surface area contributed by atoms with Crippen LogP contribution in [0, 0.1) is 0 Å². The monoisotopic (exact) mass is 368 g/mol. The molecule has 1 fully saturated rings. The third-order valence-electron chi connectivity index (χ3n) is 4.57. The predicted octanol–water partition coefficient (Wildman–Crippen LogP) is 3.42. The van der Waals surface area contributed by atoms with E-state index in [9.17, 15) is 8.42 Å². The zero-order valence-corrected chi connectivity index (χ0v) is 15.1. The zero-order chi connectivity index (χ0) is 18.0. The summed E-state index contributed by atoms with van der Waals surface area (Å²) < 4.78 is 28.2. The number of aromatic nitrogens is 2. The molecule has 2 aromatic carbocycles. The van der Waals surface area contributed by atoms with Crippen LogP contribution in [-0.2, 0) is 10.0 Å². The first kappa shape index (κ1) is 16.8. The Morgan fingerprint density at radius 1 is 0.885 bits per heavy atom. The lowest BCUT2D eigenvalue weighted by molar-refractivity contribution is 0.568. The van der Waals surface area contributed by atoms with Crippen molar-refractivity contribution >= 4 is 32.4 Å². The van der Waals surface area contributed by atoms with Gasteiger partial charge in [-0.3, -0.25) is 4.72 Å². The summed E-state index contributed by atoms with van der Waals surface area (Å²) in [5.41, 5.74) is 0.360. The molecule has 3 aromatic rings. The second-order valence-electron chi connectivity index (χ2n) is 6.40. The molecule has 0 bridgehead atoms. The smallest absolute Gasteiger partial charge is 0.262 e. The number of nitrogens with one attached hydrogen (secondary N) is 1. The van der Waals surface area contributed by atoms with E-state index >= 15 is 0 Å². The quantitative estimate of drug-likeness (QED) is 0.764. The molecule has 1 saturated heterocycles. The molecule has 26 heavy (non-hydrogen) atoms. The fourth-order valence-corrected chi connectivity index (χ4v) is 4.53. The van der Waals surface area contributed by atoms with Gasteiger partial charge in [-0.15, -0.1) is 0 Å². The van der Waals surface area contributed by atoms with E-state index in [4.69, 9.17) is 0 Å². The van der Waals surface area contributed by atoms with Crippen molar-refractivity contribution in [2.45, 2.75) is 24.2 Å². The molecule has 1 aliphatic heterocycles. The second kappa shape index (κ2) is 6.92. The van der Waals surface area contributed by atoms with Crippen LogP contribution in [0.2, 0.25) is 0 Å². The molecule has 1 aliphatic rings. The van der Waals surface area contributed by atoms with Crippen molar-refractivity contribution in [3.63, 3.8) is 0 Å². The molecule has 2 heterocycles. The first-order valence-corrected chi connectivity index (χ1v) is 10.2. The van der Waals surface area contributed by atoms with Crippen molar-refractivity contribution < 1.29 is 8.42 Å². The van der Waals surface area contributed by atoms with Gasteiger partial charge in [-0.1, -0.05) is 36.4 Å². The van der Waals surface area contributed by atoms with Crippen molar-refractivity contribution in [3.05, 3.63) is 54.9 Å². The van der Waals surface area contributed by atoms with Gasteiger partial charge in [0.1, 0.15) is 0 Å². The fourth-order valence-electron chi connectivity index (χ4n) is 3.27. The third-order valence-corrected chi connectivity index (χ3v) is 6.01. The molecule has 1 aromatic heterocycles. The maximum atomic E-state index is 12.8. The van der Waals surface area contributed by atoms with E-state index in [1.165, 1.54) is 18.8 Å². The van der Waals surface area contributed by atoms with Gasteiger partial charge in [0.2, 0.25) is 5.95 Å². The van der Waals surface area contributed by atoms with Gasteiger partial charge in [0.25, 0.3) is 10.0 Å². The summed E-state index contributed by atoms with van der Waals surface area (Å²) in [4.78, 5) is 11.0. The van der Waals surface area contributed by atoms with Crippen LogP contribution in [0.1, 0.15) is 19.3 Å². The molecule has 0 amide bonds. The van der Waals surface area contributed by atoms with Crippen LogP contribution in [0.25, 0.3) is 10.8 Å². The Morgan fingerprint density at radius 3 is 2.35 bits per heavy atom. The Labute approximate surface area is 152 Å². The number of hydrogen-bond donors (Lipinski definition) is 1. The van der Waals surface area contributed by atoms with Gasteiger partial charge in [0.05, 0.1) is 23.0 Å². The third kappa shape index (κ3) is 3.35. The Kier molecular flexibility index (Phi) is 4.46. The average molecular weight is 368 g/mol. The molecule has 0 atom stereocenters. The summed E-state index contributed by atoms with van der Waals surface area (Å²) in [6, 6.07) is 12.7. The molecule has 6 nitrogen and oxygen atoms in total. The summed E-state index contributed by atoms with van der Waals surface area (Å²) in [7, 11) is -3.72. The maximum Gasteiger partial charge on any atom is 0.262 e. The number of anilines is 2. The van der Waals surface area contributed by atoms with Crippen LogP contribution >= 0.6 is 0 Å². The van der Waals surface area contributed by atoms with E-state index in [1.807, 2.05) is 24.3 Å². The highest BCUT2D eigenvalue weighted by atomic mass is 32.2. The highest BCUT2D eigenvalue weighted by Crippen LogP contribution is 2.25. The first-order chi connectivity index (χ1) is 12.6. The van der Waals surface area contributed by atoms with Gasteiger partial charge in [0.15, 0.2) is 0 Å². The SMILES string of the molecule is O=S(=O)(Nc1cnc(N2CCCCC2)nc1)c1cccc2ccccc12. The standard InChI is InChI=1S/C19H20N4O2S/c24-26(25,18-10-6-8-15-7-2-3-9-17(15)18)22-16-13-20-19(21-14-16)23-11-4-1-5-12-23/h2-3,6-10,13-14,22H,1,4-5,11-12H2. The number of fused-ring (bicyclic) bond motifs is 1. The highest BCUT2D eigenvalue weighted by molar-refractivity contribution is 7.93. The topological polar surface area (TPSA) is 75.2 Å². The molecule has 0 aliphatic carbocycles. The van der Waals surface area contributed by atoms with Crippen LogP contribution in [0.5, 0.6) is 0 Å². The lowest BCUT2D eigenvalue weighted by Crippen LogP contribution is -2.30. The van der Waals surface area contributed by atoms with Crippen molar-refractivity contribution in [2.75, 3.05) is 22.7 Å². The van der Waals surface area contributed by atoms with E-state index in [2.05, 4.69) is 19.6 Å². The molecule has 0 radical (unpaired) electrons. The Morgan fingerprint density at radius 2 is 1.58 bits per heavy atom. The fraction of sp³-hybridized carbons (Fsp3) is 0.263. The Bertz CT molecular complexity index is 1010. The van der Waals surface area contributed by atoms with E-state index in [0.717, 1.165) is 31.3 Å². The summed E-state index contributed by atoms with van der Waals surface area (Å²) >= 11 is 0. The van der Waals surface area contributed by atoms with Crippen LogP contribution in [0.4, 0.5) is 11.6 Å². The molecular formula is C19H20N4O2S. The number of rotatable bonds is 4. The summed E-state index contributed by atoms with van der Waals surface area (Å²) in [6.07, 6.45) is 6.57. The predicted molar refractivity (Wildman–Crippen MR) is 103 cm³/mol. The molecule has 1 N–H and O–H groups in total. The van der Waals surface area contributed by atoms with Gasteiger partial charge < -0.3 is 4.90 Å². The summed E-state index contributed by atoms with van der Waals surface area (Å²) in [5, 5.41) is 1.57. The van der Waals surface area contributed by atoms with E-state index < -0.39 is 10.0 Å². The molecule has 0 saturated carbocycles. The number of sulfonamides is 1. The van der Waals surface area contributed by atoms with E-state index in [-0.39, 0.29) is 4.90 Å². The van der Waals surface area contributed by atoms with E-state index in [0.29, 0.717) is 17.0 Å². The zero-order valence-electron chi connectivity index (χ0n) is 14.3. The molecule has 7 heteroatoms. The number of piperidine rings is 1. The van der Waals surface area contributed by atoms with Gasteiger partial charge in [-0.05, 0) is 30.7 Å². The van der Waals surface area contributed by atoms with Crippen molar-refractivity contribution in [1.82, 2.24) is 9.97 Å². The van der Waals surface area contributed by atoms with Crippen molar-refractivity contribution in [2.24, 2.45) is 0 Å². The number of benzene rings is 2. The maximum absolute atomic E-state index is 12.8. The van der Waals surface area contributed by atoms with Gasteiger partial charge in [0, 0.05) is 18.5 Å². The van der Waals surface area contributed by atoms with Gasteiger partial charge in [-0.25, -0.2) is 18.4 Å². The van der Waals surface area contributed by atoms with Crippen LogP contribution in [-0.4, -0.2) is 31.5 Å². The highest BCUT2D eigenvalue weighted by Gasteiger charge is 2.18. The number of nitrogens with zero attached hydrogens (tertiary/aromatic N) is 3. The first-order valence-electron chi connectivity index (χ1n) is 8.71. The molecule has 0 unspecified atom stereocenters. The largest absolute Gasteiger partial charge is 0.341 e. The van der Waals surface area contributed by atoms with Gasteiger partial charge >= 0.3 is 0 Å². The molecule has 134 valence electrons. The van der Waals surface area contributed by atoms with Crippen LogP contribution < -0.4 is 9.62 Å². The summed E-state index contributed by atoms with van der Waals surface area (Å²) in [6.45, 7) is 1.89. The van der Waals surface area contributed by atoms with Crippen molar-refractivity contribution in [3.8, 4) is 0 Å². The minimum absolute atomic E-state index is 0.246. The average Bonchev–Trinajstić information content (AvgIpc) is 2.68. The van der Waals surface area contributed by atoms with Crippen LogP contribution in [0.3, 0.4) is 0 Å². The van der Waals surface area contributed by atoms with Gasteiger partial charge in [-0.2, -0.15) is 0 Å². The molecule has 4 rings (SSSR count). The second-order valence-corrected chi connectivity index (χ2v) is 8.05. The lowest BCUT2D eigenvalue weighted by atomic mass is 10.1. The minimum Gasteiger partial charge on any atom is -0.341 e. The molecular weight excluding hydrogens is 348 g/mol. The normalized spacial score (nSPS) is 15.2. The summed E-state index contributed by atoms with van der Waals surface area (Å²) in [5.74, 6) is 0.651. The molecule has 0 spiro atoms. The Balaban J connectivity index is 1.59. The van der Waals surface area contributed by atoms with Crippen molar-refractivity contribution in [1.29, 1.82) is 0 Å². The van der Waals surface area contributed by atoms with E-state index in [1.54, 1.807) is 18.2 Å². The number of hydrogen-bond acceptors (Lipinski definition) is 5. The minimum atomic E-state index is -3.72. The Hall–Kier alpha value is -2.67. The lowest BCUT2D eigenvalue weighted by Gasteiger charge is -2.26. The van der Waals surface area contributed by atoms with Crippen LogP contribution in [0.15, 0.2) is 59.8 Å².